The summed E-state index contributed by atoms with van der Waals surface area (Å²) in [5.41, 5.74) is 5.40. The van der Waals surface area contributed by atoms with Crippen LogP contribution in [-0.2, 0) is 14.2 Å². The number of rotatable bonds is 1. The van der Waals surface area contributed by atoms with Crippen LogP contribution in [0.2, 0.25) is 0 Å². The SMILES string of the molecule is CC1(C)O[C@H]2O[C@H](CN)[C@H](O)[C@H]2O1. The summed E-state index contributed by atoms with van der Waals surface area (Å²) in [7, 11) is 0. The smallest absolute Gasteiger partial charge is 0.190 e. The third kappa shape index (κ3) is 1.47. The summed E-state index contributed by atoms with van der Waals surface area (Å²) >= 11 is 0. The first-order chi connectivity index (χ1) is 6.03. The average molecular weight is 189 g/mol. The molecule has 2 rings (SSSR count). The van der Waals surface area contributed by atoms with Crippen LogP contribution in [0, 0.1) is 0 Å². The first-order valence-electron chi connectivity index (χ1n) is 4.43. The Balaban J connectivity index is 2.07. The van der Waals surface area contributed by atoms with Gasteiger partial charge in [0.1, 0.15) is 18.3 Å². The van der Waals surface area contributed by atoms with E-state index in [0.717, 1.165) is 0 Å². The third-order valence-electron chi connectivity index (χ3n) is 2.35. The summed E-state index contributed by atoms with van der Waals surface area (Å²) in [6, 6.07) is 0. The fraction of sp³-hybridized carbons (Fsp3) is 1.00. The minimum atomic E-state index is -0.684. The van der Waals surface area contributed by atoms with E-state index in [1.54, 1.807) is 13.8 Å². The summed E-state index contributed by atoms with van der Waals surface area (Å²) in [5.74, 6) is -0.671. The van der Waals surface area contributed by atoms with Crippen LogP contribution in [0.25, 0.3) is 0 Å². The lowest BCUT2D eigenvalue weighted by Crippen LogP contribution is -2.38. The lowest BCUT2D eigenvalue weighted by atomic mass is 10.1. The van der Waals surface area contributed by atoms with Gasteiger partial charge < -0.3 is 25.1 Å². The Labute approximate surface area is 76.8 Å². The van der Waals surface area contributed by atoms with E-state index in [9.17, 15) is 5.11 Å². The quantitative estimate of drug-likeness (QED) is 0.564. The molecule has 0 aromatic heterocycles. The second kappa shape index (κ2) is 2.90. The predicted octanol–water partition coefficient (Wildman–Crippen LogP) is -0.818. The second-order valence-electron chi connectivity index (χ2n) is 3.87. The zero-order valence-electron chi connectivity index (χ0n) is 7.77. The van der Waals surface area contributed by atoms with E-state index in [1.807, 2.05) is 0 Å². The van der Waals surface area contributed by atoms with Crippen LogP contribution in [0.3, 0.4) is 0 Å². The maximum atomic E-state index is 9.68. The van der Waals surface area contributed by atoms with Gasteiger partial charge in [0.15, 0.2) is 12.1 Å². The van der Waals surface area contributed by atoms with Crippen molar-refractivity contribution in [1.29, 1.82) is 0 Å². The highest BCUT2D eigenvalue weighted by molar-refractivity contribution is 4.92. The topological polar surface area (TPSA) is 73.9 Å². The molecular weight excluding hydrogens is 174 g/mol. The van der Waals surface area contributed by atoms with Crippen LogP contribution in [-0.4, -0.2) is 42.0 Å². The predicted molar refractivity (Wildman–Crippen MR) is 43.8 cm³/mol. The molecule has 5 heteroatoms. The molecular formula is C8H15NO4. The van der Waals surface area contributed by atoms with Crippen molar-refractivity contribution in [3.05, 3.63) is 0 Å². The van der Waals surface area contributed by atoms with E-state index in [1.165, 1.54) is 0 Å². The molecule has 2 saturated heterocycles. The number of ether oxygens (including phenoxy) is 3. The molecule has 0 spiro atoms. The van der Waals surface area contributed by atoms with Crippen molar-refractivity contribution in [1.82, 2.24) is 0 Å². The van der Waals surface area contributed by atoms with Gasteiger partial charge in [-0.05, 0) is 13.8 Å². The first-order valence-corrected chi connectivity index (χ1v) is 4.43. The number of hydrogen-bond acceptors (Lipinski definition) is 5. The highest BCUT2D eigenvalue weighted by atomic mass is 16.8. The number of fused-ring (bicyclic) bond motifs is 1. The molecule has 2 heterocycles. The minimum absolute atomic E-state index is 0.279. The van der Waals surface area contributed by atoms with Crippen LogP contribution in [0.5, 0.6) is 0 Å². The van der Waals surface area contributed by atoms with Crippen molar-refractivity contribution in [2.24, 2.45) is 5.73 Å². The zero-order valence-corrected chi connectivity index (χ0v) is 7.77. The Morgan fingerprint density at radius 1 is 1.38 bits per heavy atom. The van der Waals surface area contributed by atoms with Crippen molar-refractivity contribution in [3.63, 3.8) is 0 Å². The van der Waals surface area contributed by atoms with Gasteiger partial charge in [-0.25, -0.2) is 0 Å². The molecule has 0 unspecified atom stereocenters. The largest absolute Gasteiger partial charge is 0.387 e. The van der Waals surface area contributed by atoms with E-state index < -0.39 is 24.3 Å². The second-order valence-corrected chi connectivity index (χ2v) is 3.87. The van der Waals surface area contributed by atoms with Gasteiger partial charge in [-0.15, -0.1) is 0 Å². The van der Waals surface area contributed by atoms with Gasteiger partial charge in [0, 0.05) is 6.54 Å². The van der Waals surface area contributed by atoms with Crippen molar-refractivity contribution >= 4 is 0 Å². The van der Waals surface area contributed by atoms with Gasteiger partial charge in [0.25, 0.3) is 0 Å². The van der Waals surface area contributed by atoms with Crippen molar-refractivity contribution in [2.75, 3.05) is 6.54 Å². The molecule has 0 bridgehead atoms. The molecule has 4 atom stereocenters. The lowest BCUT2D eigenvalue weighted by Gasteiger charge is -2.22. The standard InChI is InChI=1S/C8H15NO4/c1-8(2)12-6-5(10)4(3-9)11-7(6)13-8/h4-7,10H,3,9H2,1-2H3/t4-,5+,6-,7-/m1/s1. The molecule has 0 amide bonds. The number of hydrogen-bond donors (Lipinski definition) is 2. The molecule has 76 valence electrons. The molecule has 0 radical (unpaired) electrons. The van der Waals surface area contributed by atoms with Crippen molar-refractivity contribution in [3.8, 4) is 0 Å². The Hall–Kier alpha value is -0.200. The minimum Gasteiger partial charge on any atom is -0.387 e. The van der Waals surface area contributed by atoms with Gasteiger partial charge >= 0.3 is 0 Å². The Bertz CT molecular complexity index is 208. The van der Waals surface area contributed by atoms with Crippen LogP contribution in [0.1, 0.15) is 13.8 Å². The van der Waals surface area contributed by atoms with E-state index in [0.29, 0.717) is 0 Å². The Morgan fingerprint density at radius 3 is 2.62 bits per heavy atom. The normalized spacial score (nSPS) is 48.0. The van der Waals surface area contributed by atoms with Crippen molar-refractivity contribution in [2.45, 2.75) is 44.2 Å². The third-order valence-corrected chi connectivity index (χ3v) is 2.35. The molecule has 5 nitrogen and oxygen atoms in total. The number of aliphatic hydroxyl groups excluding tert-OH is 1. The molecule has 2 aliphatic rings. The van der Waals surface area contributed by atoms with Crippen LogP contribution in [0.4, 0.5) is 0 Å². The van der Waals surface area contributed by atoms with Crippen molar-refractivity contribution < 1.29 is 19.3 Å². The molecule has 0 aliphatic carbocycles. The number of nitrogens with two attached hydrogens (primary N) is 1. The highest BCUT2D eigenvalue weighted by Crippen LogP contribution is 2.36. The fourth-order valence-electron chi connectivity index (χ4n) is 1.75. The molecule has 0 aromatic rings. The van der Waals surface area contributed by atoms with Crippen LogP contribution < -0.4 is 5.73 Å². The summed E-state index contributed by atoms with van der Waals surface area (Å²) in [4.78, 5) is 0. The summed E-state index contributed by atoms with van der Waals surface area (Å²) < 4.78 is 16.2. The lowest BCUT2D eigenvalue weighted by molar-refractivity contribution is -0.213. The Morgan fingerprint density at radius 2 is 2.08 bits per heavy atom. The average Bonchev–Trinajstić information content (AvgIpc) is 2.47. The van der Waals surface area contributed by atoms with Gasteiger partial charge in [-0.3, -0.25) is 0 Å². The zero-order chi connectivity index (χ0) is 9.64. The molecule has 13 heavy (non-hydrogen) atoms. The van der Waals surface area contributed by atoms with E-state index in [-0.39, 0.29) is 12.6 Å². The maximum Gasteiger partial charge on any atom is 0.190 e. The molecule has 2 aliphatic heterocycles. The van der Waals surface area contributed by atoms with Crippen LogP contribution in [0.15, 0.2) is 0 Å². The van der Waals surface area contributed by atoms with Gasteiger partial charge in [-0.2, -0.15) is 0 Å². The molecule has 0 aromatic carbocycles. The fourth-order valence-corrected chi connectivity index (χ4v) is 1.75. The number of aliphatic hydroxyl groups is 1. The molecule has 3 N–H and O–H groups in total. The monoisotopic (exact) mass is 189 g/mol. The maximum absolute atomic E-state index is 9.68. The summed E-state index contributed by atoms with van der Waals surface area (Å²) in [6.07, 6.45) is -1.93. The Kier molecular flexibility index (Phi) is 2.08. The van der Waals surface area contributed by atoms with E-state index in [4.69, 9.17) is 19.9 Å². The van der Waals surface area contributed by atoms with Gasteiger partial charge in [0.05, 0.1) is 0 Å². The highest BCUT2D eigenvalue weighted by Gasteiger charge is 2.53. The van der Waals surface area contributed by atoms with Gasteiger partial charge in [0.2, 0.25) is 0 Å². The van der Waals surface area contributed by atoms with E-state index in [2.05, 4.69) is 0 Å². The van der Waals surface area contributed by atoms with E-state index >= 15 is 0 Å². The molecule has 2 fully saturated rings. The summed E-state index contributed by atoms with van der Waals surface area (Å²) in [6.45, 7) is 3.86. The molecule has 0 saturated carbocycles. The van der Waals surface area contributed by atoms with Crippen LogP contribution >= 0.6 is 0 Å². The summed E-state index contributed by atoms with van der Waals surface area (Å²) in [5, 5.41) is 9.68. The first kappa shape index (κ1) is 9.36. The van der Waals surface area contributed by atoms with Gasteiger partial charge in [-0.1, -0.05) is 0 Å².